The van der Waals surface area contributed by atoms with Crippen molar-refractivity contribution in [2.45, 2.75) is 18.9 Å². The van der Waals surface area contributed by atoms with Crippen molar-refractivity contribution in [3.8, 4) is 5.75 Å². The summed E-state index contributed by atoms with van der Waals surface area (Å²) < 4.78 is 6.12. The van der Waals surface area contributed by atoms with Gasteiger partial charge >= 0.3 is 0 Å². The molecule has 1 aromatic rings. The molecule has 1 amide bonds. The molecule has 112 valence electrons. The summed E-state index contributed by atoms with van der Waals surface area (Å²) in [4.78, 5) is 12.3. The second-order valence-corrected chi connectivity index (χ2v) is 6.03. The van der Waals surface area contributed by atoms with Gasteiger partial charge in [-0.3, -0.25) is 4.79 Å². The smallest absolute Gasteiger partial charge is 0.255 e. The van der Waals surface area contributed by atoms with Gasteiger partial charge in [0, 0.05) is 9.61 Å². The third-order valence-corrected chi connectivity index (χ3v) is 4.69. The predicted molar refractivity (Wildman–Crippen MR) is 91.3 cm³/mol. The topological polar surface area (TPSA) is 50.4 Å². The number of hydrogen-bond donors (Lipinski definition) is 2. The molecule has 0 bridgehead atoms. The molecular formula is C13H17Cl2IN2O2. The summed E-state index contributed by atoms with van der Waals surface area (Å²) in [6.07, 6.45) is 1.90. The van der Waals surface area contributed by atoms with Gasteiger partial charge in [-0.25, -0.2) is 0 Å². The molecule has 2 N–H and O–H groups in total. The first-order valence-corrected chi connectivity index (χ1v) is 7.62. The Kier molecular flexibility index (Phi) is 7.36. The van der Waals surface area contributed by atoms with Gasteiger partial charge in [0.15, 0.2) is 0 Å². The maximum atomic E-state index is 12.3. The molecule has 1 aliphatic rings. The van der Waals surface area contributed by atoms with Gasteiger partial charge in [-0.2, -0.15) is 0 Å². The van der Waals surface area contributed by atoms with Crippen molar-refractivity contribution in [2.75, 3.05) is 20.2 Å². The monoisotopic (exact) mass is 430 g/mol. The van der Waals surface area contributed by atoms with Crippen LogP contribution >= 0.6 is 46.6 Å². The van der Waals surface area contributed by atoms with E-state index >= 15 is 0 Å². The molecule has 0 atom stereocenters. The summed E-state index contributed by atoms with van der Waals surface area (Å²) >= 11 is 8.19. The fourth-order valence-electron chi connectivity index (χ4n) is 2.10. The third-order valence-electron chi connectivity index (χ3n) is 3.16. The zero-order chi connectivity index (χ0) is 13.8. The maximum absolute atomic E-state index is 12.3. The van der Waals surface area contributed by atoms with Crippen LogP contribution in [0.1, 0.15) is 23.2 Å². The summed E-state index contributed by atoms with van der Waals surface area (Å²) in [6.45, 7) is 1.88. The highest BCUT2D eigenvalue weighted by Crippen LogP contribution is 2.28. The van der Waals surface area contributed by atoms with Gasteiger partial charge < -0.3 is 15.4 Å². The highest BCUT2D eigenvalue weighted by molar-refractivity contribution is 14.1. The summed E-state index contributed by atoms with van der Waals surface area (Å²) in [7, 11) is 1.56. The van der Waals surface area contributed by atoms with Gasteiger partial charge in [0.25, 0.3) is 5.91 Å². The van der Waals surface area contributed by atoms with Crippen molar-refractivity contribution < 1.29 is 9.53 Å². The van der Waals surface area contributed by atoms with Crippen LogP contribution in [0.5, 0.6) is 5.75 Å². The van der Waals surface area contributed by atoms with Crippen LogP contribution in [0.3, 0.4) is 0 Å². The highest BCUT2D eigenvalue weighted by atomic mass is 127. The minimum Gasteiger partial charge on any atom is -0.496 e. The Morgan fingerprint density at radius 3 is 2.70 bits per heavy atom. The minimum atomic E-state index is -0.123. The first-order chi connectivity index (χ1) is 9.11. The predicted octanol–water partition coefficient (Wildman–Crippen LogP) is 2.86. The Hall–Kier alpha value is -0.240. The Labute approximate surface area is 143 Å². The molecule has 1 fully saturated rings. The lowest BCUT2D eigenvalue weighted by Crippen LogP contribution is -2.42. The fraction of sp³-hybridized carbons (Fsp3) is 0.462. The Morgan fingerprint density at radius 2 is 2.10 bits per heavy atom. The molecule has 0 saturated carbocycles. The normalized spacial score (nSPS) is 15.3. The van der Waals surface area contributed by atoms with Crippen LogP contribution in [-0.4, -0.2) is 32.1 Å². The number of methoxy groups -OCH3 is 1. The molecule has 0 unspecified atom stereocenters. The summed E-state index contributed by atoms with van der Waals surface area (Å²) in [5.41, 5.74) is 0.492. The number of ether oxygens (including phenoxy) is 1. The zero-order valence-electron chi connectivity index (χ0n) is 11.0. The number of carbonyl (C=O) groups is 1. The fourth-order valence-corrected chi connectivity index (χ4v) is 2.71. The van der Waals surface area contributed by atoms with Crippen molar-refractivity contribution >= 4 is 52.5 Å². The molecule has 7 heteroatoms. The lowest BCUT2D eigenvalue weighted by molar-refractivity contribution is 0.0926. The average molecular weight is 431 g/mol. The van der Waals surface area contributed by atoms with E-state index in [1.165, 1.54) is 0 Å². The standard InChI is InChI=1S/C13H16ClIN2O2.ClH/c1-19-12-7-11(15)10(14)6-9(12)13(18)17-8-2-4-16-5-3-8;/h6-8,16H,2-5H2,1H3,(H,17,18);1H. The third kappa shape index (κ3) is 4.38. The number of benzene rings is 1. The average Bonchev–Trinajstić information content (AvgIpc) is 2.42. The van der Waals surface area contributed by atoms with E-state index < -0.39 is 0 Å². The van der Waals surface area contributed by atoms with Gasteiger partial charge in [-0.05, 0) is 60.7 Å². The number of halogens is 3. The number of carbonyl (C=O) groups excluding carboxylic acids is 1. The molecule has 0 radical (unpaired) electrons. The van der Waals surface area contributed by atoms with E-state index in [9.17, 15) is 4.79 Å². The molecule has 1 aromatic carbocycles. The number of amides is 1. The molecule has 2 rings (SSSR count). The van der Waals surface area contributed by atoms with Crippen molar-refractivity contribution in [1.82, 2.24) is 10.6 Å². The molecule has 1 heterocycles. The van der Waals surface area contributed by atoms with Crippen molar-refractivity contribution in [1.29, 1.82) is 0 Å². The Morgan fingerprint density at radius 1 is 1.45 bits per heavy atom. The van der Waals surface area contributed by atoms with E-state index in [2.05, 4.69) is 33.2 Å². The largest absolute Gasteiger partial charge is 0.496 e. The van der Waals surface area contributed by atoms with Crippen LogP contribution in [0.4, 0.5) is 0 Å². The van der Waals surface area contributed by atoms with Crippen molar-refractivity contribution in [3.05, 3.63) is 26.3 Å². The van der Waals surface area contributed by atoms with Crippen LogP contribution in [0.15, 0.2) is 12.1 Å². The summed E-state index contributed by atoms with van der Waals surface area (Å²) in [5, 5.41) is 6.87. The van der Waals surface area contributed by atoms with Crippen molar-refractivity contribution in [3.63, 3.8) is 0 Å². The van der Waals surface area contributed by atoms with E-state index in [-0.39, 0.29) is 24.4 Å². The number of rotatable bonds is 3. The van der Waals surface area contributed by atoms with Gasteiger partial charge in [0.1, 0.15) is 5.75 Å². The quantitative estimate of drug-likeness (QED) is 0.725. The van der Waals surface area contributed by atoms with Crippen LogP contribution in [0.25, 0.3) is 0 Å². The van der Waals surface area contributed by atoms with E-state index in [4.69, 9.17) is 16.3 Å². The lowest BCUT2D eigenvalue weighted by atomic mass is 10.1. The highest BCUT2D eigenvalue weighted by Gasteiger charge is 2.20. The SMILES string of the molecule is COc1cc(I)c(Cl)cc1C(=O)NC1CCNCC1.Cl. The van der Waals surface area contributed by atoms with E-state index in [1.807, 2.05) is 0 Å². The molecule has 4 nitrogen and oxygen atoms in total. The second kappa shape index (κ2) is 8.26. The molecule has 1 aliphatic heterocycles. The summed E-state index contributed by atoms with van der Waals surface area (Å²) in [5.74, 6) is 0.433. The maximum Gasteiger partial charge on any atom is 0.255 e. The van der Waals surface area contributed by atoms with Crippen LogP contribution in [0, 0.1) is 3.57 Å². The summed E-state index contributed by atoms with van der Waals surface area (Å²) in [6, 6.07) is 3.66. The second-order valence-electron chi connectivity index (χ2n) is 4.46. The Balaban J connectivity index is 0.00000200. The molecule has 0 aliphatic carbocycles. The van der Waals surface area contributed by atoms with E-state index in [1.54, 1.807) is 19.2 Å². The van der Waals surface area contributed by atoms with Gasteiger partial charge in [0.05, 0.1) is 17.7 Å². The molecule has 0 aromatic heterocycles. The minimum absolute atomic E-state index is 0. The first-order valence-electron chi connectivity index (χ1n) is 6.16. The molecule has 0 spiro atoms. The Bertz CT molecular complexity index is 480. The van der Waals surface area contributed by atoms with Gasteiger partial charge in [-0.15, -0.1) is 12.4 Å². The number of nitrogens with one attached hydrogen (secondary N) is 2. The molecule has 1 saturated heterocycles. The number of hydrogen-bond acceptors (Lipinski definition) is 3. The van der Waals surface area contributed by atoms with Crippen LogP contribution < -0.4 is 15.4 Å². The van der Waals surface area contributed by atoms with Gasteiger partial charge in [-0.1, -0.05) is 11.6 Å². The molecular weight excluding hydrogens is 414 g/mol. The first kappa shape index (κ1) is 17.8. The zero-order valence-corrected chi connectivity index (χ0v) is 14.8. The van der Waals surface area contributed by atoms with Gasteiger partial charge in [0.2, 0.25) is 0 Å². The molecule has 20 heavy (non-hydrogen) atoms. The van der Waals surface area contributed by atoms with E-state index in [0.717, 1.165) is 29.5 Å². The number of piperidine rings is 1. The van der Waals surface area contributed by atoms with Crippen LogP contribution in [-0.2, 0) is 0 Å². The lowest BCUT2D eigenvalue weighted by Gasteiger charge is -2.24. The van der Waals surface area contributed by atoms with E-state index in [0.29, 0.717) is 16.3 Å². The van der Waals surface area contributed by atoms with Crippen LogP contribution in [0.2, 0.25) is 5.02 Å². The van der Waals surface area contributed by atoms with Crippen molar-refractivity contribution in [2.24, 2.45) is 0 Å².